The second-order valence-corrected chi connectivity index (χ2v) is 3.99. The van der Waals surface area contributed by atoms with Gasteiger partial charge in [-0.05, 0) is 19.8 Å². The first kappa shape index (κ1) is 11.3. The van der Waals surface area contributed by atoms with Crippen molar-refractivity contribution in [1.29, 1.82) is 0 Å². The topological polar surface area (TPSA) is 29.9 Å². The van der Waals surface area contributed by atoms with E-state index in [0.29, 0.717) is 18.8 Å². The molecule has 0 aromatic carbocycles. The van der Waals surface area contributed by atoms with Gasteiger partial charge in [-0.2, -0.15) is 18.3 Å². The maximum Gasteiger partial charge on any atom is 0.410 e. The Labute approximate surface area is 91.6 Å². The molecule has 1 aromatic rings. The number of aromatic nitrogens is 2. The van der Waals surface area contributed by atoms with Crippen LogP contribution in [0.15, 0.2) is 0 Å². The van der Waals surface area contributed by atoms with E-state index in [1.54, 1.807) is 0 Å². The fourth-order valence-electron chi connectivity index (χ4n) is 2.09. The predicted octanol–water partition coefficient (Wildman–Crippen LogP) is 2.67. The van der Waals surface area contributed by atoms with Crippen molar-refractivity contribution in [3.8, 4) is 0 Å². The summed E-state index contributed by atoms with van der Waals surface area (Å²) < 4.78 is 39.4. The minimum absolute atomic E-state index is 0.0424. The van der Waals surface area contributed by atoms with Gasteiger partial charge in [0.1, 0.15) is 5.82 Å². The van der Waals surface area contributed by atoms with Crippen molar-refractivity contribution in [2.24, 2.45) is 0 Å². The van der Waals surface area contributed by atoms with Crippen molar-refractivity contribution in [3.05, 3.63) is 11.3 Å². The minimum Gasteiger partial charge on any atom is -0.370 e. The summed E-state index contributed by atoms with van der Waals surface area (Å²) in [6.45, 7) is 4.05. The lowest BCUT2D eigenvalue weighted by atomic mass is 10.1. The van der Waals surface area contributed by atoms with E-state index in [4.69, 9.17) is 0 Å². The summed E-state index contributed by atoms with van der Waals surface area (Å²) in [5.74, 6) is 0.519. The molecule has 90 valence electrons. The third-order valence-electron chi connectivity index (χ3n) is 2.96. The Hall–Kier alpha value is -1.20. The molecule has 0 saturated carbocycles. The van der Waals surface area contributed by atoms with E-state index in [2.05, 4.69) is 10.4 Å². The third-order valence-corrected chi connectivity index (χ3v) is 2.96. The van der Waals surface area contributed by atoms with E-state index < -0.39 is 12.2 Å². The van der Waals surface area contributed by atoms with E-state index in [9.17, 15) is 13.2 Å². The zero-order chi connectivity index (χ0) is 11.9. The smallest absolute Gasteiger partial charge is 0.370 e. The Morgan fingerprint density at radius 3 is 2.75 bits per heavy atom. The van der Waals surface area contributed by atoms with Gasteiger partial charge < -0.3 is 5.32 Å². The normalized spacial score (nSPS) is 20.4. The summed E-state index contributed by atoms with van der Waals surface area (Å²) in [6.07, 6.45) is -3.53. The van der Waals surface area contributed by atoms with Crippen LogP contribution >= 0.6 is 0 Å². The molecule has 3 nitrogen and oxygen atoms in total. The maximum absolute atomic E-state index is 12.8. The second-order valence-electron chi connectivity index (χ2n) is 3.99. The lowest BCUT2D eigenvalue weighted by Gasteiger charge is -2.27. The molecule has 6 heteroatoms. The van der Waals surface area contributed by atoms with E-state index >= 15 is 0 Å². The van der Waals surface area contributed by atoms with Crippen LogP contribution in [0.3, 0.4) is 0 Å². The Bertz CT molecular complexity index is 395. The van der Waals surface area contributed by atoms with Crippen LogP contribution in [0.5, 0.6) is 0 Å². The van der Waals surface area contributed by atoms with E-state index in [1.165, 1.54) is 0 Å². The van der Waals surface area contributed by atoms with Crippen molar-refractivity contribution in [2.45, 2.75) is 38.9 Å². The predicted molar refractivity (Wildman–Crippen MR) is 54.5 cm³/mol. The van der Waals surface area contributed by atoms with Gasteiger partial charge in [0, 0.05) is 12.1 Å². The maximum atomic E-state index is 12.8. The largest absolute Gasteiger partial charge is 0.410 e. The van der Waals surface area contributed by atoms with Crippen LogP contribution in [0.4, 0.5) is 19.0 Å². The number of halogens is 3. The van der Waals surface area contributed by atoms with Crippen molar-refractivity contribution in [1.82, 2.24) is 9.78 Å². The minimum atomic E-state index is -4.22. The molecule has 0 radical (unpaired) electrons. The van der Waals surface area contributed by atoms with Crippen molar-refractivity contribution in [3.63, 3.8) is 0 Å². The van der Waals surface area contributed by atoms with Crippen LogP contribution in [0.25, 0.3) is 0 Å². The number of nitrogens with zero attached hydrogens (tertiary/aromatic N) is 2. The van der Waals surface area contributed by atoms with E-state index in [0.717, 1.165) is 15.9 Å². The zero-order valence-electron chi connectivity index (χ0n) is 9.23. The van der Waals surface area contributed by atoms with Gasteiger partial charge in [-0.1, -0.05) is 6.92 Å². The van der Waals surface area contributed by atoms with Crippen LogP contribution in [0.1, 0.15) is 30.6 Å². The van der Waals surface area contributed by atoms with Gasteiger partial charge in [0.25, 0.3) is 0 Å². The lowest BCUT2D eigenvalue weighted by molar-refractivity contribution is -0.171. The number of alkyl halides is 3. The Morgan fingerprint density at radius 1 is 1.50 bits per heavy atom. The first-order valence-corrected chi connectivity index (χ1v) is 5.33. The fraction of sp³-hybridized carbons (Fsp3) is 0.700. The molecule has 1 unspecified atom stereocenters. The van der Waals surface area contributed by atoms with Gasteiger partial charge in [0.15, 0.2) is 6.04 Å². The van der Waals surface area contributed by atoms with Crippen molar-refractivity contribution < 1.29 is 13.2 Å². The SMILES string of the molecule is CCc1nn2c(c1C)NCCC2C(F)(F)F. The summed E-state index contributed by atoms with van der Waals surface area (Å²) in [6, 6.07) is -1.48. The van der Waals surface area contributed by atoms with Crippen LogP contribution in [-0.2, 0) is 6.42 Å². The van der Waals surface area contributed by atoms with E-state index in [1.807, 2.05) is 13.8 Å². The summed E-state index contributed by atoms with van der Waals surface area (Å²) in [7, 11) is 0. The second kappa shape index (κ2) is 3.68. The quantitative estimate of drug-likeness (QED) is 0.808. The molecule has 0 aliphatic carbocycles. The van der Waals surface area contributed by atoms with Gasteiger partial charge in [0.05, 0.1) is 5.69 Å². The van der Waals surface area contributed by atoms with Crippen LogP contribution < -0.4 is 5.32 Å². The summed E-state index contributed by atoms with van der Waals surface area (Å²) >= 11 is 0. The highest BCUT2D eigenvalue weighted by Gasteiger charge is 2.44. The first-order valence-electron chi connectivity index (χ1n) is 5.33. The van der Waals surface area contributed by atoms with Gasteiger partial charge in [0.2, 0.25) is 0 Å². The van der Waals surface area contributed by atoms with E-state index in [-0.39, 0.29) is 6.42 Å². The molecule has 1 N–H and O–H groups in total. The van der Waals surface area contributed by atoms with Gasteiger partial charge in [-0.15, -0.1) is 0 Å². The van der Waals surface area contributed by atoms with Crippen molar-refractivity contribution in [2.75, 3.05) is 11.9 Å². The summed E-state index contributed by atoms with van der Waals surface area (Å²) in [4.78, 5) is 0. The highest BCUT2D eigenvalue weighted by Crippen LogP contribution is 2.38. The highest BCUT2D eigenvalue weighted by molar-refractivity contribution is 5.48. The fourth-order valence-corrected chi connectivity index (χ4v) is 2.09. The molecule has 0 fully saturated rings. The highest BCUT2D eigenvalue weighted by atomic mass is 19.4. The average molecular weight is 233 g/mol. The number of fused-ring (bicyclic) bond motifs is 1. The molecule has 1 aliphatic heterocycles. The molecule has 1 aliphatic rings. The Balaban J connectivity index is 2.47. The van der Waals surface area contributed by atoms with Crippen LogP contribution in [0, 0.1) is 6.92 Å². The third kappa shape index (κ3) is 1.66. The molecule has 1 aromatic heterocycles. The molecule has 0 amide bonds. The number of nitrogens with one attached hydrogen (secondary N) is 1. The molecule has 1 atom stereocenters. The number of rotatable bonds is 1. The van der Waals surface area contributed by atoms with Crippen LogP contribution in [0.2, 0.25) is 0 Å². The number of hydrogen-bond acceptors (Lipinski definition) is 2. The molecule has 2 heterocycles. The molecular formula is C10H14F3N3. The Morgan fingerprint density at radius 2 is 2.19 bits per heavy atom. The average Bonchev–Trinajstić information content (AvgIpc) is 2.54. The first-order chi connectivity index (χ1) is 7.45. The van der Waals surface area contributed by atoms with Gasteiger partial charge in [-0.3, -0.25) is 0 Å². The zero-order valence-corrected chi connectivity index (χ0v) is 9.23. The lowest BCUT2D eigenvalue weighted by Crippen LogP contribution is -2.34. The van der Waals surface area contributed by atoms with Crippen LogP contribution in [-0.4, -0.2) is 22.5 Å². The Kier molecular flexibility index (Phi) is 2.59. The van der Waals surface area contributed by atoms with Gasteiger partial charge >= 0.3 is 6.18 Å². The molecule has 0 saturated heterocycles. The van der Waals surface area contributed by atoms with Gasteiger partial charge in [-0.25, -0.2) is 4.68 Å². The molecule has 2 rings (SSSR count). The summed E-state index contributed by atoms with van der Waals surface area (Å²) in [5.41, 5.74) is 1.56. The molecule has 0 spiro atoms. The molecule has 16 heavy (non-hydrogen) atoms. The van der Waals surface area contributed by atoms with Crippen molar-refractivity contribution >= 4 is 5.82 Å². The number of aryl methyl sites for hydroxylation is 1. The molecule has 0 bridgehead atoms. The standard InChI is InChI=1S/C10H14F3N3/c1-3-7-6(2)9-14-5-4-8(10(11,12)13)16(9)15-7/h8,14H,3-5H2,1-2H3. The number of hydrogen-bond donors (Lipinski definition) is 1. The summed E-state index contributed by atoms with van der Waals surface area (Å²) in [5, 5.41) is 7.04. The molecular weight excluding hydrogens is 219 g/mol. The monoisotopic (exact) mass is 233 g/mol. The number of anilines is 1.